The van der Waals surface area contributed by atoms with Gasteiger partial charge in [0.05, 0.1) is 5.41 Å². The maximum atomic E-state index is 11.9. The summed E-state index contributed by atoms with van der Waals surface area (Å²) in [6.07, 6.45) is 0. The Kier molecular flexibility index (Phi) is 4.23. The predicted octanol–water partition coefficient (Wildman–Crippen LogP) is 4.44. The van der Waals surface area contributed by atoms with Crippen molar-refractivity contribution in [1.29, 1.82) is 0 Å². The van der Waals surface area contributed by atoms with Crippen LogP contribution in [0.15, 0.2) is 54.6 Å². The molecular weight excluding hydrogens is 248 g/mol. The molecule has 0 spiro atoms. The van der Waals surface area contributed by atoms with Crippen molar-refractivity contribution in [2.45, 2.75) is 27.4 Å². The average molecular weight is 268 g/mol. The monoisotopic (exact) mass is 268 g/mol. The molecule has 0 amide bonds. The molecule has 2 aromatic rings. The minimum Gasteiger partial charge on any atom is -0.460 e. The minimum atomic E-state index is -0.471. The van der Waals surface area contributed by atoms with Crippen molar-refractivity contribution < 1.29 is 9.53 Å². The highest BCUT2D eigenvalue weighted by molar-refractivity contribution is 5.75. The minimum absolute atomic E-state index is 0.180. The summed E-state index contributed by atoms with van der Waals surface area (Å²) in [4.78, 5) is 11.9. The van der Waals surface area contributed by atoms with Crippen molar-refractivity contribution in [2.24, 2.45) is 5.41 Å². The molecule has 0 saturated heterocycles. The maximum absolute atomic E-state index is 11.9. The average Bonchev–Trinajstić information content (AvgIpc) is 2.45. The second kappa shape index (κ2) is 5.91. The van der Waals surface area contributed by atoms with E-state index in [1.807, 2.05) is 57.2 Å². The molecule has 0 atom stereocenters. The number of carbonyl (C=O) groups is 1. The van der Waals surface area contributed by atoms with Gasteiger partial charge in [0, 0.05) is 0 Å². The van der Waals surface area contributed by atoms with Gasteiger partial charge >= 0.3 is 5.97 Å². The van der Waals surface area contributed by atoms with Crippen LogP contribution in [0.3, 0.4) is 0 Å². The van der Waals surface area contributed by atoms with Gasteiger partial charge in [-0.1, -0.05) is 54.6 Å². The van der Waals surface area contributed by atoms with E-state index in [1.54, 1.807) is 0 Å². The molecule has 0 N–H and O–H groups in total. The summed E-state index contributed by atoms with van der Waals surface area (Å²) in [6, 6.07) is 18.1. The summed E-state index contributed by atoms with van der Waals surface area (Å²) < 4.78 is 5.42. The Morgan fingerprint density at radius 2 is 1.55 bits per heavy atom. The van der Waals surface area contributed by atoms with E-state index < -0.39 is 5.41 Å². The van der Waals surface area contributed by atoms with Gasteiger partial charge in [-0.3, -0.25) is 4.79 Å². The summed E-state index contributed by atoms with van der Waals surface area (Å²) in [6.45, 7) is 5.89. The van der Waals surface area contributed by atoms with Gasteiger partial charge in [-0.2, -0.15) is 0 Å². The first-order valence-corrected chi connectivity index (χ1v) is 6.79. The van der Waals surface area contributed by atoms with Gasteiger partial charge in [0.15, 0.2) is 0 Å². The van der Waals surface area contributed by atoms with E-state index in [9.17, 15) is 4.79 Å². The summed E-state index contributed by atoms with van der Waals surface area (Å²) in [5, 5.41) is 0. The Morgan fingerprint density at radius 3 is 2.20 bits per heavy atom. The van der Waals surface area contributed by atoms with Crippen LogP contribution in [-0.2, 0) is 16.1 Å². The number of rotatable bonds is 3. The molecule has 0 radical (unpaired) electrons. The van der Waals surface area contributed by atoms with E-state index in [1.165, 1.54) is 0 Å². The predicted molar refractivity (Wildman–Crippen MR) is 81.1 cm³/mol. The first-order valence-electron chi connectivity index (χ1n) is 6.79. The Morgan fingerprint density at radius 1 is 0.950 bits per heavy atom. The molecule has 2 rings (SSSR count). The molecule has 0 aliphatic heterocycles. The zero-order chi connectivity index (χ0) is 14.6. The first kappa shape index (κ1) is 14.3. The lowest BCUT2D eigenvalue weighted by Gasteiger charge is -2.17. The molecule has 2 aromatic carbocycles. The Bertz CT molecular complexity index is 580. The second-order valence-electron chi connectivity index (χ2n) is 5.85. The number of hydrogen-bond donors (Lipinski definition) is 0. The zero-order valence-corrected chi connectivity index (χ0v) is 12.2. The van der Waals surface area contributed by atoms with Gasteiger partial charge in [-0.05, 0) is 37.5 Å². The second-order valence-corrected chi connectivity index (χ2v) is 5.85. The molecule has 0 aliphatic carbocycles. The van der Waals surface area contributed by atoms with Gasteiger partial charge in [0.2, 0.25) is 0 Å². The van der Waals surface area contributed by atoms with E-state index in [0.29, 0.717) is 6.61 Å². The lowest BCUT2D eigenvalue weighted by molar-refractivity contribution is -0.154. The van der Waals surface area contributed by atoms with Crippen LogP contribution >= 0.6 is 0 Å². The van der Waals surface area contributed by atoms with E-state index in [4.69, 9.17) is 4.74 Å². The van der Waals surface area contributed by atoms with Gasteiger partial charge in [0.25, 0.3) is 0 Å². The van der Waals surface area contributed by atoms with Crippen molar-refractivity contribution in [3.05, 3.63) is 60.2 Å². The van der Waals surface area contributed by atoms with Crippen LogP contribution in [0.2, 0.25) is 0 Å². The van der Waals surface area contributed by atoms with Crippen molar-refractivity contribution in [1.82, 2.24) is 0 Å². The highest BCUT2D eigenvalue weighted by atomic mass is 16.5. The summed E-state index contributed by atoms with van der Waals surface area (Å²) >= 11 is 0. The number of esters is 1. The van der Waals surface area contributed by atoms with E-state index in [0.717, 1.165) is 16.7 Å². The fourth-order valence-electron chi connectivity index (χ4n) is 1.91. The topological polar surface area (TPSA) is 26.3 Å². The third kappa shape index (κ3) is 3.47. The molecule has 0 saturated carbocycles. The quantitative estimate of drug-likeness (QED) is 0.769. The van der Waals surface area contributed by atoms with Crippen LogP contribution in [-0.4, -0.2) is 5.97 Å². The molecule has 2 heteroatoms. The largest absolute Gasteiger partial charge is 0.460 e. The fourth-order valence-corrected chi connectivity index (χ4v) is 1.91. The molecule has 2 nitrogen and oxygen atoms in total. The number of ether oxygens (including phenoxy) is 1. The summed E-state index contributed by atoms with van der Waals surface area (Å²) in [7, 11) is 0. The number of hydrogen-bond acceptors (Lipinski definition) is 2. The third-order valence-electron chi connectivity index (χ3n) is 3.07. The van der Waals surface area contributed by atoms with Crippen LogP contribution in [0, 0.1) is 5.41 Å². The summed E-state index contributed by atoms with van der Waals surface area (Å²) in [5.74, 6) is -0.180. The molecule has 20 heavy (non-hydrogen) atoms. The first-order chi connectivity index (χ1) is 9.48. The van der Waals surface area contributed by atoms with Crippen LogP contribution in [0.1, 0.15) is 26.3 Å². The van der Waals surface area contributed by atoms with Crippen molar-refractivity contribution >= 4 is 5.97 Å². The highest BCUT2D eigenvalue weighted by Gasteiger charge is 2.23. The highest BCUT2D eigenvalue weighted by Crippen LogP contribution is 2.25. The van der Waals surface area contributed by atoms with Crippen LogP contribution in [0.5, 0.6) is 0 Å². The van der Waals surface area contributed by atoms with Crippen LogP contribution < -0.4 is 0 Å². The van der Waals surface area contributed by atoms with E-state index in [-0.39, 0.29) is 5.97 Å². The summed E-state index contributed by atoms with van der Waals surface area (Å²) in [5.41, 5.74) is 2.79. The molecule has 0 aromatic heterocycles. The smallest absolute Gasteiger partial charge is 0.311 e. The number of benzene rings is 2. The Labute approximate surface area is 120 Å². The number of carbonyl (C=O) groups excluding carboxylic acids is 1. The molecule has 0 heterocycles. The maximum Gasteiger partial charge on any atom is 0.311 e. The fraction of sp³-hybridized carbons (Fsp3) is 0.278. The van der Waals surface area contributed by atoms with Gasteiger partial charge in [-0.25, -0.2) is 0 Å². The molecule has 0 fully saturated rings. The van der Waals surface area contributed by atoms with Gasteiger partial charge in [0.1, 0.15) is 6.61 Å². The lowest BCUT2D eigenvalue weighted by Crippen LogP contribution is -2.22. The Balaban J connectivity index is 2.20. The standard InChI is InChI=1S/C18H20O2/c1-18(2,3)17(19)20-13-15-11-7-8-12-16(15)14-9-5-4-6-10-14/h4-12H,13H2,1-3H3. The van der Waals surface area contributed by atoms with E-state index in [2.05, 4.69) is 18.2 Å². The van der Waals surface area contributed by atoms with Crippen molar-refractivity contribution in [3.8, 4) is 11.1 Å². The normalized spacial score (nSPS) is 11.2. The van der Waals surface area contributed by atoms with Gasteiger partial charge < -0.3 is 4.74 Å². The van der Waals surface area contributed by atoms with E-state index >= 15 is 0 Å². The molecule has 0 aliphatic rings. The van der Waals surface area contributed by atoms with Crippen LogP contribution in [0.25, 0.3) is 11.1 Å². The molecular formula is C18H20O2. The van der Waals surface area contributed by atoms with Gasteiger partial charge in [-0.15, -0.1) is 0 Å². The Hall–Kier alpha value is -2.09. The zero-order valence-electron chi connectivity index (χ0n) is 12.2. The lowest BCUT2D eigenvalue weighted by atomic mass is 9.97. The van der Waals surface area contributed by atoms with Crippen LogP contribution in [0.4, 0.5) is 0 Å². The SMILES string of the molecule is CC(C)(C)C(=O)OCc1ccccc1-c1ccccc1. The third-order valence-corrected chi connectivity index (χ3v) is 3.07. The molecule has 104 valence electrons. The van der Waals surface area contributed by atoms with Crippen molar-refractivity contribution in [3.63, 3.8) is 0 Å². The molecule has 0 unspecified atom stereocenters. The van der Waals surface area contributed by atoms with Crippen molar-refractivity contribution in [2.75, 3.05) is 0 Å². The molecule has 0 bridgehead atoms.